The van der Waals surface area contributed by atoms with Gasteiger partial charge in [-0.05, 0) is 0 Å². The van der Waals surface area contributed by atoms with Crippen LogP contribution in [-0.2, 0) is 18.6 Å². The molecule has 0 aromatic heterocycles. The van der Waals surface area contributed by atoms with Crippen LogP contribution in [-0.4, -0.2) is 121 Å². The molecule has 11 nitrogen and oxygen atoms in total. The Bertz CT molecular complexity index is 399. The fraction of sp³-hybridized carbons (Fsp3) is 1.00. The third-order valence-corrected chi connectivity index (χ3v) is 4.77. The maximum Gasteiger partial charge on any atom is 0.187 e. The van der Waals surface area contributed by atoms with Gasteiger partial charge in [-0.1, -0.05) is 0 Å². The Hall–Kier alpha value is -0.223. The second kappa shape index (κ2) is 8.44. The van der Waals surface area contributed by atoms with Crippen LogP contribution >= 0.6 is 0 Å². The van der Waals surface area contributed by atoms with Crippen molar-refractivity contribution in [3.8, 4) is 0 Å². The van der Waals surface area contributed by atoms with Crippen molar-refractivity contribution >= 4 is 10.5 Å². The Morgan fingerprint density at radius 1 is 0.750 bits per heavy atom. The third-order valence-electron chi connectivity index (χ3n) is 4.22. The van der Waals surface area contributed by atoms with Gasteiger partial charge in [-0.2, -0.15) is 0 Å². The van der Waals surface area contributed by atoms with Crippen molar-refractivity contribution in [2.24, 2.45) is 0 Å². The molecule has 142 valence electrons. The summed E-state index contributed by atoms with van der Waals surface area (Å²) < 4.78 is 20.8. The zero-order valence-corrected chi connectivity index (χ0v) is 15.0. The van der Waals surface area contributed by atoms with Crippen molar-refractivity contribution in [2.45, 2.75) is 61.4 Å². The Balaban J connectivity index is 2.14. The molecule has 2 fully saturated rings. The lowest BCUT2D eigenvalue weighted by atomic mass is 9.97. The molecule has 10 atom stereocenters. The summed E-state index contributed by atoms with van der Waals surface area (Å²) in [5.41, 5.74) is 0. The lowest BCUT2D eigenvalue weighted by molar-refractivity contribution is -0.353. The van der Waals surface area contributed by atoms with Crippen molar-refractivity contribution in [1.82, 2.24) is 0 Å². The third kappa shape index (κ3) is 3.79. The Morgan fingerprint density at radius 2 is 1.38 bits per heavy atom. The first-order chi connectivity index (χ1) is 11.3. The zero-order chi connectivity index (χ0) is 18.0. The van der Waals surface area contributed by atoms with Crippen molar-refractivity contribution in [2.75, 3.05) is 13.2 Å². The molecule has 2 aliphatic heterocycles. The van der Waals surface area contributed by atoms with Gasteiger partial charge in [-0.25, -0.2) is 0 Å². The molecule has 2 heterocycles. The second-order valence-corrected chi connectivity index (χ2v) is 6.21. The van der Waals surface area contributed by atoms with Gasteiger partial charge in [0.2, 0.25) is 0 Å². The quantitative estimate of drug-likeness (QED) is 0.228. The lowest BCUT2D eigenvalue weighted by Gasteiger charge is -2.46. The normalized spacial score (nSPS) is 50.1. The Labute approximate surface area is 140 Å². The molecule has 0 unspecified atom stereocenters. The summed E-state index contributed by atoms with van der Waals surface area (Å²) in [6, 6.07) is 0. The first kappa shape index (κ1) is 20.1. The highest BCUT2D eigenvalue weighted by Gasteiger charge is 2.50. The molecule has 0 aromatic carbocycles. The van der Waals surface area contributed by atoms with Gasteiger partial charge in [0.25, 0.3) is 0 Å². The maximum absolute atomic E-state index is 10.2. The summed E-state index contributed by atoms with van der Waals surface area (Å²) in [7, 11) is 0.190. The molecule has 0 saturated carbocycles. The number of aliphatic hydroxyl groups is 7. The van der Waals surface area contributed by atoms with Crippen molar-refractivity contribution in [3.63, 3.8) is 0 Å². The molecule has 0 bridgehead atoms. The van der Waals surface area contributed by atoms with E-state index >= 15 is 0 Å². The van der Waals surface area contributed by atoms with Crippen LogP contribution in [0.4, 0.5) is 0 Å². The van der Waals surface area contributed by atoms with Crippen LogP contribution in [0.5, 0.6) is 0 Å². The molecule has 0 aromatic rings. The van der Waals surface area contributed by atoms with Gasteiger partial charge < -0.3 is 54.4 Å². The minimum Gasteiger partial charge on any atom is -0.419 e. The van der Waals surface area contributed by atoms with Crippen molar-refractivity contribution in [3.05, 3.63) is 0 Å². The summed E-state index contributed by atoms with van der Waals surface area (Å²) in [4.78, 5) is 0. The first-order valence-electron chi connectivity index (χ1n) is 7.46. The largest absolute Gasteiger partial charge is 0.419 e. The van der Waals surface area contributed by atoms with Crippen LogP contribution in [0.1, 0.15) is 0 Å². The summed E-state index contributed by atoms with van der Waals surface area (Å²) >= 11 is 0. The fourth-order valence-corrected chi connectivity index (χ4v) is 3.39. The summed E-state index contributed by atoms with van der Waals surface area (Å²) in [6.45, 7) is -1.20. The molecule has 2 saturated heterocycles. The molecule has 0 amide bonds. The first-order valence-corrected chi connectivity index (χ1v) is 8.28. The number of hydrogen-bond donors (Lipinski definition) is 7. The van der Waals surface area contributed by atoms with Gasteiger partial charge in [-0.15, -0.1) is 0 Å². The van der Waals surface area contributed by atoms with Crippen molar-refractivity contribution in [1.29, 1.82) is 0 Å². The van der Waals surface area contributed by atoms with E-state index in [9.17, 15) is 35.7 Å². The predicted octanol–water partition coefficient (Wildman–Crippen LogP) is -6.09. The number of hydrogen-bond acceptors (Lipinski definition) is 11. The smallest absolute Gasteiger partial charge is 0.187 e. The van der Waals surface area contributed by atoms with E-state index in [0.29, 0.717) is 0 Å². The summed E-state index contributed by atoms with van der Waals surface area (Å²) in [5.74, 6) is 0. The van der Waals surface area contributed by atoms with E-state index < -0.39 is 74.6 Å². The van der Waals surface area contributed by atoms with Gasteiger partial charge in [0, 0.05) is 0 Å². The van der Waals surface area contributed by atoms with Crippen LogP contribution < -0.4 is 0 Å². The summed E-state index contributed by atoms with van der Waals surface area (Å²) in [6.07, 6.45) is -13.9. The molecule has 2 rings (SSSR count). The number of aliphatic hydroxyl groups excluding tert-OH is 7. The highest BCUT2D eigenvalue weighted by atomic mass is 28.2. The van der Waals surface area contributed by atoms with Gasteiger partial charge in [0.15, 0.2) is 12.6 Å². The molecule has 7 N–H and O–H groups in total. The van der Waals surface area contributed by atoms with Crippen LogP contribution in [0.2, 0.25) is 0 Å². The highest BCUT2D eigenvalue weighted by Crippen LogP contribution is 2.29. The molecule has 0 radical (unpaired) electrons. The van der Waals surface area contributed by atoms with E-state index in [4.69, 9.17) is 18.6 Å². The average molecular weight is 372 g/mol. The summed E-state index contributed by atoms with van der Waals surface area (Å²) in [5, 5.41) is 67.9. The Morgan fingerprint density at radius 3 is 1.92 bits per heavy atom. The van der Waals surface area contributed by atoms with E-state index in [2.05, 4.69) is 0 Å². The average Bonchev–Trinajstić information content (AvgIpc) is 2.57. The van der Waals surface area contributed by atoms with E-state index in [1.54, 1.807) is 0 Å². The van der Waals surface area contributed by atoms with Crippen molar-refractivity contribution < 1.29 is 54.4 Å². The molecular formula is C12H24O11Si. The van der Waals surface area contributed by atoms with E-state index in [1.165, 1.54) is 0 Å². The monoisotopic (exact) mass is 372 g/mol. The van der Waals surface area contributed by atoms with Crippen LogP contribution in [0.25, 0.3) is 0 Å². The van der Waals surface area contributed by atoms with E-state index in [1.807, 2.05) is 0 Å². The van der Waals surface area contributed by atoms with Gasteiger partial charge in [0.1, 0.15) is 59.3 Å². The van der Waals surface area contributed by atoms with Gasteiger partial charge in [0.05, 0.1) is 13.2 Å². The standard InChI is InChI=1S/C12H24O11Si/c13-1-3-5(15)10(23-24)8(18)12(21-3)22-9-4(2-14)20-11(19)7(17)6(9)16/h3-19H,1-2H2,24H3/t3-,4-,5-,6-,7-,8-,9-,10+,11-,12-/m1/s1. The van der Waals surface area contributed by atoms with Gasteiger partial charge >= 0.3 is 0 Å². The minimum atomic E-state index is -1.71. The number of rotatable bonds is 5. The van der Waals surface area contributed by atoms with Crippen LogP contribution in [0.3, 0.4) is 0 Å². The van der Waals surface area contributed by atoms with Crippen LogP contribution in [0.15, 0.2) is 0 Å². The second-order valence-electron chi connectivity index (χ2n) is 5.74. The highest BCUT2D eigenvalue weighted by molar-refractivity contribution is 5.98. The van der Waals surface area contributed by atoms with Crippen LogP contribution in [0, 0.1) is 0 Å². The number of ether oxygens (including phenoxy) is 3. The maximum atomic E-state index is 10.2. The molecule has 24 heavy (non-hydrogen) atoms. The predicted molar refractivity (Wildman–Crippen MR) is 77.4 cm³/mol. The molecular weight excluding hydrogens is 348 g/mol. The van der Waals surface area contributed by atoms with E-state index in [0.717, 1.165) is 0 Å². The molecule has 2 aliphatic rings. The minimum absolute atomic E-state index is 0.190. The fourth-order valence-electron chi connectivity index (χ4n) is 2.83. The Kier molecular flexibility index (Phi) is 7.07. The SMILES string of the molecule is OC[C@H]1O[C@H](O[C@H]2[C@H](O)[C@@H](O)[C@H](O)O[C@@H]2CO)[C@H](O)[C@@H](O[SiH3])[C@@H]1O. The zero-order valence-electron chi connectivity index (χ0n) is 13.0. The lowest BCUT2D eigenvalue weighted by Crippen LogP contribution is -2.64. The van der Waals surface area contributed by atoms with Gasteiger partial charge in [-0.3, -0.25) is 0 Å². The van der Waals surface area contributed by atoms with E-state index in [-0.39, 0.29) is 10.5 Å². The molecule has 0 aliphatic carbocycles. The molecule has 0 spiro atoms. The topological polar surface area (TPSA) is 179 Å². The molecule has 12 heteroatoms.